The molecule has 0 bridgehead atoms. The van der Waals surface area contributed by atoms with E-state index >= 15 is 0 Å². The summed E-state index contributed by atoms with van der Waals surface area (Å²) in [7, 11) is -4.61. The van der Waals surface area contributed by atoms with Gasteiger partial charge in [-0.25, -0.2) is 8.42 Å². The number of ether oxygens (including phenoxy) is 1. The van der Waals surface area contributed by atoms with E-state index < -0.39 is 15.1 Å². The molecule has 5 nitrogen and oxygen atoms in total. The topological polar surface area (TPSA) is 86.7 Å². The molecule has 1 N–H and O–H groups in total. The van der Waals surface area contributed by atoms with E-state index in [1.807, 2.05) is 6.92 Å². The van der Waals surface area contributed by atoms with Gasteiger partial charge in [0.15, 0.2) is 4.93 Å². The van der Waals surface area contributed by atoms with E-state index in [0.29, 0.717) is 19.4 Å². The normalized spacial score (nSPS) is 32.1. The van der Waals surface area contributed by atoms with Crippen molar-refractivity contribution in [3.63, 3.8) is 0 Å². The molecule has 0 aromatic carbocycles. The molecule has 1 saturated carbocycles. The molecule has 0 unspecified atom stereocenters. The van der Waals surface area contributed by atoms with Crippen LogP contribution in [0.25, 0.3) is 0 Å². The van der Waals surface area contributed by atoms with Gasteiger partial charge in [0.25, 0.3) is 0 Å². The van der Waals surface area contributed by atoms with Gasteiger partial charge in [0.1, 0.15) is 10.1 Å². The zero-order valence-electron chi connectivity index (χ0n) is 9.10. The Labute approximate surface area is 112 Å². The second-order valence-electron chi connectivity index (χ2n) is 3.56. The first kappa shape index (κ1) is 15.8. The van der Waals surface area contributed by atoms with E-state index in [4.69, 9.17) is 4.74 Å². The van der Waals surface area contributed by atoms with E-state index in [1.54, 1.807) is 0 Å². The largest absolute Gasteiger partial charge is 1.00 e. The second kappa shape index (κ2) is 5.95. The minimum absolute atomic E-state index is 0. The van der Waals surface area contributed by atoms with Crippen molar-refractivity contribution in [2.45, 2.75) is 43.6 Å². The third-order valence-corrected chi connectivity index (χ3v) is 3.92. The maximum absolute atomic E-state index is 10.7. The van der Waals surface area contributed by atoms with Gasteiger partial charge in [0.05, 0.1) is 6.10 Å². The van der Waals surface area contributed by atoms with Gasteiger partial charge >= 0.3 is 29.6 Å². The molecule has 1 fully saturated rings. The van der Waals surface area contributed by atoms with Crippen LogP contribution in [0.3, 0.4) is 0 Å². The fourth-order valence-electron chi connectivity index (χ4n) is 1.69. The zero-order chi connectivity index (χ0) is 10.8. The van der Waals surface area contributed by atoms with Crippen LogP contribution in [0.4, 0.5) is 0 Å². The molecule has 0 spiro atoms. The van der Waals surface area contributed by atoms with Crippen molar-refractivity contribution in [3.05, 3.63) is 0 Å². The first-order valence-electron chi connectivity index (χ1n) is 4.68. The molecule has 84 valence electrons. The Kier molecular flexibility index (Phi) is 6.28. The average Bonchev–Trinajstić information content (AvgIpc) is 2.08. The van der Waals surface area contributed by atoms with Crippen molar-refractivity contribution in [3.8, 4) is 0 Å². The molecule has 0 atom stereocenters. The molecule has 7 heteroatoms. The van der Waals surface area contributed by atoms with Gasteiger partial charge in [-0.15, -0.1) is 0 Å². The van der Waals surface area contributed by atoms with Crippen LogP contribution in [-0.4, -0.2) is 35.7 Å². The van der Waals surface area contributed by atoms with Gasteiger partial charge in [-0.1, -0.05) is 0 Å². The summed E-state index contributed by atoms with van der Waals surface area (Å²) in [6.45, 7) is 2.42. The third-order valence-electron chi connectivity index (χ3n) is 2.58. The Hall–Kier alpha value is 0.830. The van der Waals surface area contributed by atoms with Crippen molar-refractivity contribution in [2.75, 3.05) is 6.61 Å². The van der Waals surface area contributed by atoms with Crippen LogP contribution in [0, 0.1) is 0 Å². The monoisotopic (exact) mass is 246 g/mol. The van der Waals surface area contributed by atoms with Crippen molar-refractivity contribution in [1.82, 2.24) is 0 Å². The fourth-order valence-corrected chi connectivity index (χ4v) is 2.43. The van der Waals surface area contributed by atoms with Crippen LogP contribution in [0.15, 0.2) is 0 Å². The predicted octanol–water partition coefficient (Wildman–Crippen LogP) is -2.80. The minimum Gasteiger partial charge on any atom is -0.746 e. The van der Waals surface area contributed by atoms with Crippen LogP contribution < -0.4 is 29.6 Å². The van der Waals surface area contributed by atoms with Crippen LogP contribution in [0.5, 0.6) is 0 Å². The van der Waals surface area contributed by atoms with Crippen LogP contribution in [0.2, 0.25) is 0 Å². The summed E-state index contributed by atoms with van der Waals surface area (Å²) in [5.74, 6) is 0. The average molecular weight is 246 g/mol. The smallest absolute Gasteiger partial charge is 0.746 e. The molecule has 0 aromatic heterocycles. The van der Waals surface area contributed by atoms with Crippen molar-refractivity contribution in [2.24, 2.45) is 0 Å². The van der Waals surface area contributed by atoms with Gasteiger partial charge < -0.3 is 14.4 Å². The molecule has 1 aliphatic rings. The van der Waals surface area contributed by atoms with Crippen LogP contribution in [0.1, 0.15) is 32.6 Å². The Balaban J connectivity index is 0.00000196. The van der Waals surface area contributed by atoms with Crippen molar-refractivity contribution in [1.29, 1.82) is 0 Å². The first-order valence-corrected chi connectivity index (χ1v) is 6.09. The summed E-state index contributed by atoms with van der Waals surface area (Å²) in [6.07, 6.45) is 0.770. The molecule has 0 heterocycles. The summed E-state index contributed by atoms with van der Waals surface area (Å²) in [5.41, 5.74) is 0. The molecular formula is C8H15NaO5S. The summed E-state index contributed by atoms with van der Waals surface area (Å²) in [5, 5.41) is 9.54. The van der Waals surface area contributed by atoms with Crippen LogP contribution >= 0.6 is 0 Å². The number of rotatable bonds is 3. The maximum atomic E-state index is 10.7. The molecule has 0 aromatic rings. The molecule has 1 aliphatic carbocycles. The molecule has 0 saturated heterocycles. The maximum Gasteiger partial charge on any atom is 1.00 e. The molecular weight excluding hydrogens is 231 g/mol. The van der Waals surface area contributed by atoms with Gasteiger partial charge in [0.2, 0.25) is 0 Å². The van der Waals surface area contributed by atoms with Gasteiger partial charge in [-0.2, -0.15) is 0 Å². The van der Waals surface area contributed by atoms with Gasteiger partial charge in [0, 0.05) is 6.61 Å². The molecule has 0 aliphatic heterocycles. The zero-order valence-corrected chi connectivity index (χ0v) is 11.9. The molecule has 1 rings (SSSR count). The van der Waals surface area contributed by atoms with E-state index in [2.05, 4.69) is 0 Å². The standard InChI is InChI=1S/C8H16O5S.Na/c1-2-13-7-3-5-8(9,6-4-7)14(10,11)12;/h7,9H,2-6H2,1H3,(H,10,11,12);/q;+1/p-1. The third kappa shape index (κ3) is 3.96. The first-order chi connectivity index (χ1) is 6.39. The van der Waals surface area contributed by atoms with Gasteiger partial charge in [-0.05, 0) is 32.6 Å². The fraction of sp³-hybridized carbons (Fsp3) is 1.00. The predicted molar refractivity (Wildman–Crippen MR) is 48.5 cm³/mol. The number of hydrogen-bond acceptors (Lipinski definition) is 5. The number of aliphatic hydroxyl groups is 1. The quantitative estimate of drug-likeness (QED) is 0.429. The second-order valence-corrected chi connectivity index (χ2v) is 5.22. The van der Waals surface area contributed by atoms with Crippen molar-refractivity contribution >= 4 is 10.1 Å². The summed E-state index contributed by atoms with van der Waals surface area (Å²) >= 11 is 0. The SMILES string of the molecule is CCOC1CCC(O)(S(=O)(=O)[O-])CC1.[Na+]. The Bertz CT molecular complexity index is 281. The van der Waals surface area contributed by atoms with Crippen molar-refractivity contribution < 1.29 is 52.4 Å². The Morgan fingerprint density at radius 2 is 1.93 bits per heavy atom. The van der Waals surface area contributed by atoms with Gasteiger partial charge in [-0.3, -0.25) is 0 Å². The van der Waals surface area contributed by atoms with E-state index in [-0.39, 0.29) is 48.5 Å². The van der Waals surface area contributed by atoms with E-state index in [0.717, 1.165) is 0 Å². The Morgan fingerprint density at radius 1 is 1.47 bits per heavy atom. The molecule has 15 heavy (non-hydrogen) atoms. The summed E-state index contributed by atoms with van der Waals surface area (Å²) in [6, 6.07) is 0. The summed E-state index contributed by atoms with van der Waals surface area (Å²) in [4.78, 5) is -2.07. The van der Waals surface area contributed by atoms with E-state index in [9.17, 15) is 18.1 Å². The van der Waals surface area contributed by atoms with E-state index in [1.165, 1.54) is 0 Å². The van der Waals surface area contributed by atoms with Crippen LogP contribution in [-0.2, 0) is 14.9 Å². The Morgan fingerprint density at radius 3 is 2.27 bits per heavy atom. The molecule has 0 radical (unpaired) electrons. The number of hydrogen-bond donors (Lipinski definition) is 1. The minimum atomic E-state index is -4.61. The summed E-state index contributed by atoms with van der Waals surface area (Å²) < 4.78 is 37.5. The molecule has 0 amide bonds.